The third kappa shape index (κ3) is 2.91. The summed E-state index contributed by atoms with van der Waals surface area (Å²) < 4.78 is 0. The number of carbonyl (C=O) groups excluding carboxylic acids is 1. The minimum atomic E-state index is -0.386. The molecule has 0 amide bonds. The van der Waals surface area contributed by atoms with Crippen LogP contribution in [0.2, 0.25) is 0 Å². The highest BCUT2D eigenvalue weighted by atomic mass is 79.9. The van der Waals surface area contributed by atoms with E-state index in [1.165, 1.54) is 6.92 Å². The first kappa shape index (κ1) is 12.9. The van der Waals surface area contributed by atoms with Crippen molar-refractivity contribution in [2.75, 3.05) is 0 Å². The van der Waals surface area contributed by atoms with E-state index in [1.807, 2.05) is 0 Å². The quantitative estimate of drug-likeness (QED) is 0.862. The van der Waals surface area contributed by atoms with Crippen LogP contribution in [0.5, 0.6) is 0 Å². The van der Waals surface area contributed by atoms with E-state index < -0.39 is 0 Å². The minimum Gasteiger partial charge on any atom is -0.392 e. The Balaban J connectivity index is 3.18. The Labute approximate surface area is 103 Å². The van der Waals surface area contributed by atoms with Crippen LogP contribution in [0, 0.1) is 11.3 Å². The molecule has 0 bridgehead atoms. The molecule has 0 fully saturated rings. The molecule has 84 valence electrons. The fraction of sp³-hybridized carbons (Fsp3) is 0.333. The van der Waals surface area contributed by atoms with Gasteiger partial charge in [-0.3, -0.25) is 4.79 Å². The Kier molecular flexibility index (Phi) is 4.66. The van der Waals surface area contributed by atoms with Crippen LogP contribution in [0.1, 0.15) is 28.4 Å². The first-order valence-corrected chi connectivity index (χ1v) is 5.75. The van der Waals surface area contributed by atoms with Gasteiger partial charge in [0.25, 0.3) is 0 Å². The average Bonchev–Trinajstić information content (AvgIpc) is 2.28. The molecule has 16 heavy (non-hydrogen) atoms. The Morgan fingerprint density at radius 3 is 2.81 bits per heavy atom. The molecule has 3 nitrogen and oxygen atoms in total. The van der Waals surface area contributed by atoms with Crippen molar-refractivity contribution in [3.8, 4) is 6.07 Å². The van der Waals surface area contributed by atoms with E-state index in [1.54, 1.807) is 18.2 Å². The van der Waals surface area contributed by atoms with Crippen molar-refractivity contribution in [1.82, 2.24) is 0 Å². The Hall–Kier alpha value is -1.18. The molecule has 0 heterocycles. The lowest BCUT2D eigenvalue weighted by Gasteiger charge is -2.12. The molecular weight excluding hydrogens is 270 g/mol. The number of alkyl halides is 1. The fourth-order valence-corrected chi connectivity index (χ4v) is 1.91. The molecule has 0 aliphatic carbocycles. The van der Waals surface area contributed by atoms with Gasteiger partial charge in [-0.15, -0.1) is 0 Å². The van der Waals surface area contributed by atoms with Gasteiger partial charge >= 0.3 is 0 Å². The summed E-state index contributed by atoms with van der Waals surface area (Å²) in [6, 6.07) is 7.35. The summed E-state index contributed by atoms with van der Waals surface area (Å²) in [5, 5.41) is 17.7. The monoisotopic (exact) mass is 281 g/mol. The molecule has 1 rings (SSSR count). The molecule has 1 aromatic rings. The van der Waals surface area contributed by atoms with Crippen molar-refractivity contribution in [3.05, 3.63) is 34.9 Å². The summed E-state index contributed by atoms with van der Waals surface area (Å²) >= 11 is 3.30. The van der Waals surface area contributed by atoms with Crippen LogP contribution in [0.15, 0.2) is 18.2 Å². The van der Waals surface area contributed by atoms with E-state index in [4.69, 9.17) is 10.4 Å². The van der Waals surface area contributed by atoms with Gasteiger partial charge in [-0.25, -0.2) is 0 Å². The van der Waals surface area contributed by atoms with Crippen molar-refractivity contribution in [2.24, 2.45) is 0 Å². The summed E-state index contributed by atoms with van der Waals surface area (Å²) in [5.41, 5.74) is 2.33. The fourth-order valence-electron chi connectivity index (χ4n) is 1.46. The summed E-state index contributed by atoms with van der Waals surface area (Å²) in [4.78, 5) is 10.9. The third-order valence-electron chi connectivity index (χ3n) is 2.29. The zero-order chi connectivity index (χ0) is 12.1. The average molecular weight is 282 g/mol. The lowest BCUT2D eigenvalue weighted by Crippen LogP contribution is -2.05. The van der Waals surface area contributed by atoms with E-state index in [2.05, 4.69) is 22.0 Å². The number of hydrogen-bond donors (Lipinski definition) is 1. The molecule has 0 aliphatic heterocycles. The van der Waals surface area contributed by atoms with E-state index in [0.29, 0.717) is 0 Å². The van der Waals surface area contributed by atoms with E-state index in [0.717, 1.165) is 16.7 Å². The van der Waals surface area contributed by atoms with Crippen LogP contribution in [0.4, 0.5) is 0 Å². The van der Waals surface area contributed by atoms with Gasteiger partial charge in [0.1, 0.15) is 5.78 Å². The zero-order valence-corrected chi connectivity index (χ0v) is 10.5. The molecule has 0 aromatic heterocycles. The number of nitriles is 1. The maximum atomic E-state index is 11.3. The number of hydrogen-bond acceptors (Lipinski definition) is 3. The SMILES string of the molecule is CC(=O)C(Br)c1ccc(CO)cc1CC#N. The molecule has 1 aromatic carbocycles. The lowest BCUT2D eigenvalue weighted by atomic mass is 9.98. The van der Waals surface area contributed by atoms with Crippen LogP contribution >= 0.6 is 15.9 Å². The predicted octanol–water partition coefficient (Wildman–Crippen LogP) is 2.27. The van der Waals surface area contributed by atoms with Crippen molar-refractivity contribution >= 4 is 21.7 Å². The first-order chi connectivity index (χ1) is 7.60. The van der Waals surface area contributed by atoms with Crippen LogP contribution < -0.4 is 0 Å². The van der Waals surface area contributed by atoms with Gasteiger partial charge in [0, 0.05) is 0 Å². The van der Waals surface area contributed by atoms with Crippen LogP contribution in [0.25, 0.3) is 0 Å². The Morgan fingerprint density at radius 1 is 1.62 bits per heavy atom. The second-order valence-electron chi connectivity index (χ2n) is 3.50. The molecule has 0 saturated carbocycles. The van der Waals surface area contributed by atoms with Gasteiger partial charge < -0.3 is 5.11 Å². The summed E-state index contributed by atoms with van der Waals surface area (Å²) in [7, 11) is 0. The Bertz CT molecular complexity index is 437. The highest BCUT2D eigenvalue weighted by molar-refractivity contribution is 9.09. The molecule has 0 aliphatic rings. The molecule has 1 atom stereocenters. The number of Topliss-reactive ketones (excluding diaryl/α,β-unsaturated/α-hetero) is 1. The second-order valence-corrected chi connectivity index (χ2v) is 4.42. The molecule has 0 radical (unpaired) electrons. The molecule has 0 saturated heterocycles. The summed E-state index contributed by atoms with van der Waals surface area (Å²) in [5.74, 6) is -0.00376. The van der Waals surface area contributed by atoms with Gasteiger partial charge in [-0.2, -0.15) is 5.26 Å². The maximum absolute atomic E-state index is 11.3. The van der Waals surface area contributed by atoms with Crippen molar-refractivity contribution in [3.63, 3.8) is 0 Å². The highest BCUT2D eigenvalue weighted by Crippen LogP contribution is 2.28. The number of halogens is 1. The Morgan fingerprint density at radius 2 is 2.31 bits per heavy atom. The van der Waals surface area contributed by atoms with Crippen molar-refractivity contribution < 1.29 is 9.90 Å². The number of carbonyl (C=O) groups is 1. The number of ketones is 1. The molecule has 1 unspecified atom stereocenters. The number of nitrogens with zero attached hydrogens (tertiary/aromatic N) is 1. The van der Waals surface area contributed by atoms with Crippen LogP contribution in [0.3, 0.4) is 0 Å². The van der Waals surface area contributed by atoms with E-state index >= 15 is 0 Å². The van der Waals surface area contributed by atoms with Gasteiger partial charge in [0.2, 0.25) is 0 Å². The lowest BCUT2D eigenvalue weighted by molar-refractivity contribution is -0.116. The molecular formula is C12H12BrNO2. The van der Waals surface area contributed by atoms with Crippen LogP contribution in [-0.2, 0) is 17.8 Å². The first-order valence-electron chi connectivity index (χ1n) is 4.84. The van der Waals surface area contributed by atoms with E-state index in [-0.39, 0.29) is 23.6 Å². The second kappa shape index (κ2) is 5.78. The molecule has 4 heteroatoms. The van der Waals surface area contributed by atoms with E-state index in [9.17, 15) is 4.79 Å². The number of aliphatic hydroxyl groups excluding tert-OH is 1. The highest BCUT2D eigenvalue weighted by Gasteiger charge is 2.16. The number of rotatable bonds is 4. The minimum absolute atomic E-state index is 0.00376. The number of aliphatic hydroxyl groups is 1. The van der Waals surface area contributed by atoms with Gasteiger partial charge in [-0.1, -0.05) is 34.1 Å². The number of benzene rings is 1. The van der Waals surface area contributed by atoms with Gasteiger partial charge in [0.05, 0.1) is 23.9 Å². The van der Waals surface area contributed by atoms with Crippen molar-refractivity contribution in [1.29, 1.82) is 5.26 Å². The molecule has 0 spiro atoms. The normalized spacial score (nSPS) is 11.9. The molecule has 1 N–H and O–H groups in total. The zero-order valence-electron chi connectivity index (χ0n) is 8.90. The van der Waals surface area contributed by atoms with Gasteiger partial charge in [-0.05, 0) is 23.6 Å². The standard InChI is InChI=1S/C12H12BrNO2/c1-8(16)12(13)11-3-2-9(7-15)6-10(11)4-5-14/h2-3,6,12,15H,4,7H2,1H3. The van der Waals surface area contributed by atoms with Crippen LogP contribution in [-0.4, -0.2) is 10.9 Å². The summed E-state index contributed by atoms with van der Waals surface area (Å²) in [6.07, 6.45) is 0.235. The summed E-state index contributed by atoms with van der Waals surface area (Å²) in [6.45, 7) is 1.43. The topological polar surface area (TPSA) is 61.1 Å². The van der Waals surface area contributed by atoms with Gasteiger partial charge in [0.15, 0.2) is 0 Å². The largest absolute Gasteiger partial charge is 0.392 e. The maximum Gasteiger partial charge on any atom is 0.147 e. The van der Waals surface area contributed by atoms with Crippen molar-refractivity contribution in [2.45, 2.75) is 24.8 Å². The smallest absolute Gasteiger partial charge is 0.147 e. The predicted molar refractivity (Wildman–Crippen MR) is 64.0 cm³/mol. The third-order valence-corrected chi connectivity index (χ3v) is 3.43.